The third-order valence-electron chi connectivity index (χ3n) is 3.11. The maximum absolute atomic E-state index is 4.11. The van der Waals surface area contributed by atoms with Crippen molar-refractivity contribution < 1.29 is 0 Å². The lowest BCUT2D eigenvalue weighted by atomic mass is 10.1. The second kappa shape index (κ2) is 4.77. The van der Waals surface area contributed by atoms with E-state index < -0.39 is 0 Å². The molecule has 2 rings (SSSR count). The van der Waals surface area contributed by atoms with E-state index in [1.165, 1.54) is 25.1 Å². The maximum Gasteiger partial charge on any atom is 0.0945 e. The molecule has 1 N–H and O–H groups in total. The molecular weight excluding hydrogens is 188 g/mol. The standard InChI is InChI=1S/C11H20N4/c1-14-5-3-4-10(8-14)13-7-11-6-12-9-15(11)2/h6,9-10,13H,3-5,7-8H2,1-2H3. The number of piperidine rings is 1. The molecule has 0 radical (unpaired) electrons. The summed E-state index contributed by atoms with van der Waals surface area (Å²) in [7, 11) is 4.23. The van der Waals surface area contributed by atoms with Gasteiger partial charge in [-0.15, -0.1) is 0 Å². The Morgan fingerprint density at radius 1 is 1.53 bits per heavy atom. The number of imidazole rings is 1. The van der Waals surface area contributed by atoms with Gasteiger partial charge in [0.05, 0.1) is 12.0 Å². The van der Waals surface area contributed by atoms with Crippen molar-refractivity contribution in [1.29, 1.82) is 0 Å². The summed E-state index contributed by atoms with van der Waals surface area (Å²) >= 11 is 0. The molecule has 2 heterocycles. The van der Waals surface area contributed by atoms with Gasteiger partial charge in [-0.1, -0.05) is 0 Å². The number of aromatic nitrogens is 2. The lowest BCUT2D eigenvalue weighted by Crippen LogP contribution is -2.43. The first-order valence-electron chi connectivity index (χ1n) is 5.63. The Labute approximate surface area is 91.3 Å². The average molecular weight is 208 g/mol. The summed E-state index contributed by atoms with van der Waals surface area (Å²) in [6.07, 6.45) is 6.38. The van der Waals surface area contributed by atoms with Crippen molar-refractivity contribution in [3.8, 4) is 0 Å². The predicted molar refractivity (Wildman–Crippen MR) is 60.6 cm³/mol. The van der Waals surface area contributed by atoms with Gasteiger partial charge in [-0.2, -0.15) is 0 Å². The van der Waals surface area contributed by atoms with Crippen molar-refractivity contribution in [2.75, 3.05) is 20.1 Å². The first kappa shape index (κ1) is 10.6. The van der Waals surface area contributed by atoms with Gasteiger partial charge >= 0.3 is 0 Å². The van der Waals surface area contributed by atoms with E-state index in [1.54, 1.807) is 0 Å². The van der Waals surface area contributed by atoms with Crippen LogP contribution in [0.1, 0.15) is 18.5 Å². The minimum absolute atomic E-state index is 0.638. The van der Waals surface area contributed by atoms with Gasteiger partial charge in [0.15, 0.2) is 0 Å². The summed E-state index contributed by atoms with van der Waals surface area (Å²) in [4.78, 5) is 6.51. The second-order valence-corrected chi connectivity index (χ2v) is 4.48. The monoisotopic (exact) mass is 208 g/mol. The van der Waals surface area contributed by atoms with Gasteiger partial charge in [0, 0.05) is 32.4 Å². The Morgan fingerprint density at radius 2 is 2.40 bits per heavy atom. The number of hydrogen-bond donors (Lipinski definition) is 1. The van der Waals surface area contributed by atoms with Crippen LogP contribution in [0.2, 0.25) is 0 Å². The zero-order valence-corrected chi connectivity index (χ0v) is 9.61. The van der Waals surface area contributed by atoms with Crippen molar-refractivity contribution in [3.05, 3.63) is 18.2 Å². The number of nitrogens with zero attached hydrogens (tertiary/aromatic N) is 3. The lowest BCUT2D eigenvalue weighted by Gasteiger charge is -2.30. The number of likely N-dealkylation sites (N-methyl/N-ethyl adjacent to an activating group) is 1. The highest BCUT2D eigenvalue weighted by atomic mass is 15.1. The van der Waals surface area contributed by atoms with Crippen LogP contribution in [-0.2, 0) is 13.6 Å². The molecule has 15 heavy (non-hydrogen) atoms. The van der Waals surface area contributed by atoms with Crippen molar-refractivity contribution >= 4 is 0 Å². The SMILES string of the molecule is CN1CCCC(NCc2cncn2C)C1. The molecule has 1 aliphatic heterocycles. The van der Waals surface area contributed by atoms with E-state index in [2.05, 4.69) is 26.8 Å². The Kier molecular flexibility index (Phi) is 3.38. The van der Waals surface area contributed by atoms with Crippen LogP contribution < -0.4 is 5.32 Å². The zero-order valence-electron chi connectivity index (χ0n) is 9.61. The summed E-state index contributed by atoms with van der Waals surface area (Å²) < 4.78 is 2.07. The van der Waals surface area contributed by atoms with E-state index in [4.69, 9.17) is 0 Å². The van der Waals surface area contributed by atoms with Crippen molar-refractivity contribution in [1.82, 2.24) is 19.8 Å². The van der Waals surface area contributed by atoms with Gasteiger partial charge in [-0.05, 0) is 26.4 Å². The third kappa shape index (κ3) is 2.79. The minimum Gasteiger partial charge on any atom is -0.337 e. The van der Waals surface area contributed by atoms with Crippen molar-refractivity contribution in [2.45, 2.75) is 25.4 Å². The van der Waals surface area contributed by atoms with Crippen molar-refractivity contribution in [3.63, 3.8) is 0 Å². The zero-order chi connectivity index (χ0) is 10.7. The van der Waals surface area contributed by atoms with Gasteiger partial charge in [-0.25, -0.2) is 4.98 Å². The second-order valence-electron chi connectivity index (χ2n) is 4.48. The quantitative estimate of drug-likeness (QED) is 0.790. The molecule has 0 spiro atoms. The lowest BCUT2D eigenvalue weighted by molar-refractivity contribution is 0.226. The fourth-order valence-corrected chi connectivity index (χ4v) is 2.14. The van der Waals surface area contributed by atoms with E-state index >= 15 is 0 Å². The van der Waals surface area contributed by atoms with E-state index in [9.17, 15) is 0 Å². The fraction of sp³-hybridized carbons (Fsp3) is 0.727. The van der Waals surface area contributed by atoms with E-state index in [0.29, 0.717) is 6.04 Å². The van der Waals surface area contributed by atoms with Gasteiger partial charge in [0.2, 0.25) is 0 Å². The van der Waals surface area contributed by atoms with Crippen LogP contribution in [0, 0.1) is 0 Å². The van der Waals surface area contributed by atoms with Gasteiger partial charge in [-0.3, -0.25) is 0 Å². The molecule has 1 fully saturated rings. The molecule has 84 valence electrons. The number of hydrogen-bond acceptors (Lipinski definition) is 3. The molecule has 1 aliphatic rings. The molecule has 0 saturated carbocycles. The Morgan fingerprint density at radius 3 is 3.07 bits per heavy atom. The normalized spacial score (nSPS) is 23.2. The molecule has 0 aliphatic carbocycles. The highest BCUT2D eigenvalue weighted by molar-refractivity contribution is 4.97. The first-order chi connectivity index (χ1) is 7.25. The molecule has 1 aromatic rings. The summed E-state index contributed by atoms with van der Waals surface area (Å²) in [6.45, 7) is 3.33. The van der Waals surface area contributed by atoms with Gasteiger partial charge in [0.25, 0.3) is 0 Å². The Hall–Kier alpha value is -0.870. The molecule has 4 nitrogen and oxygen atoms in total. The molecule has 4 heteroatoms. The smallest absolute Gasteiger partial charge is 0.0945 e. The number of rotatable bonds is 3. The minimum atomic E-state index is 0.638. The van der Waals surface area contributed by atoms with E-state index in [-0.39, 0.29) is 0 Å². The summed E-state index contributed by atoms with van der Waals surface area (Å²) in [5.41, 5.74) is 1.25. The highest BCUT2D eigenvalue weighted by Crippen LogP contribution is 2.08. The summed E-state index contributed by atoms with van der Waals surface area (Å²) in [6, 6.07) is 0.638. The van der Waals surface area contributed by atoms with Crippen LogP contribution >= 0.6 is 0 Å². The number of likely N-dealkylation sites (tertiary alicyclic amines) is 1. The van der Waals surface area contributed by atoms with Crippen LogP contribution in [-0.4, -0.2) is 40.6 Å². The van der Waals surface area contributed by atoms with Crippen molar-refractivity contribution in [2.24, 2.45) is 7.05 Å². The molecular formula is C11H20N4. The third-order valence-corrected chi connectivity index (χ3v) is 3.11. The largest absolute Gasteiger partial charge is 0.337 e. The highest BCUT2D eigenvalue weighted by Gasteiger charge is 2.16. The summed E-state index contributed by atoms with van der Waals surface area (Å²) in [5, 5.41) is 3.59. The number of aryl methyl sites for hydroxylation is 1. The molecule has 0 aromatic carbocycles. The maximum atomic E-state index is 4.11. The van der Waals surface area contributed by atoms with Crippen LogP contribution in [0.5, 0.6) is 0 Å². The van der Waals surface area contributed by atoms with Gasteiger partial charge in [0.1, 0.15) is 0 Å². The predicted octanol–water partition coefficient (Wildman–Crippen LogP) is 0.604. The van der Waals surface area contributed by atoms with Crippen LogP contribution in [0.25, 0.3) is 0 Å². The first-order valence-corrected chi connectivity index (χ1v) is 5.63. The molecule has 0 bridgehead atoms. The number of nitrogens with one attached hydrogen (secondary N) is 1. The molecule has 1 atom stereocenters. The van der Waals surface area contributed by atoms with Crippen LogP contribution in [0.3, 0.4) is 0 Å². The van der Waals surface area contributed by atoms with E-state index in [1.807, 2.05) is 19.6 Å². The van der Waals surface area contributed by atoms with Crippen LogP contribution in [0.4, 0.5) is 0 Å². The Bertz CT molecular complexity index is 307. The van der Waals surface area contributed by atoms with Gasteiger partial charge < -0.3 is 14.8 Å². The Balaban J connectivity index is 1.80. The fourth-order valence-electron chi connectivity index (χ4n) is 2.14. The molecule has 1 unspecified atom stereocenters. The summed E-state index contributed by atoms with van der Waals surface area (Å²) in [5.74, 6) is 0. The topological polar surface area (TPSA) is 33.1 Å². The molecule has 1 saturated heterocycles. The average Bonchev–Trinajstić information content (AvgIpc) is 2.61. The van der Waals surface area contributed by atoms with Crippen LogP contribution in [0.15, 0.2) is 12.5 Å². The molecule has 0 amide bonds. The van der Waals surface area contributed by atoms with E-state index in [0.717, 1.165) is 13.1 Å². The molecule has 1 aromatic heterocycles.